The molecular formula is C16H22N2O2. The fourth-order valence-corrected chi connectivity index (χ4v) is 3.58. The second kappa shape index (κ2) is 4.50. The highest BCUT2D eigenvalue weighted by Gasteiger charge is 2.52. The minimum absolute atomic E-state index is 0.225. The normalized spacial score (nSPS) is 29.5. The first-order valence-corrected chi connectivity index (χ1v) is 7.08. The van der Waals surface area contributed by atoms with Crippen LogP contribution in [0.25, 0.3) is 0 Å². The lowest BCUT2D eigenvalue weighted by Gasteiger charge is -2.46. The van der Waals surface area contributed by atoms with Crippen molar-refractivity contribution < 1.29 is 10.2 Å². The van der Waals surface area contributed by atoms with Gasteiger partial charge >= 0.3 is 0 Å². The van der Waals surface area contributed by atoms with E-state index in [4.69, 9.17) is 0 Å². The van der Waals surface area contributed by atoms with Crippen LogP contribution < -0.4 is 0 Å². The number of aromatic nitrogens is 2. The smallest absolute Gasteiger partial charge is 0.0756 e. The van der Waals surface area contributed by atoms with Crippen LogP contribution in [0.4, 0.5) is 0 Å². The first kappa shape index (κ1) is 13.5. The van der Waals surface area contributed by atoms with Gasteiger partial charge in [0.05, 0.1) is 24.0 Å². The van der Waals surface area contributed by atoms with Crippen molar-refractivity contribution in [2.24, 2.45) is 0 Å². The number of rotatable bonds is 2. The van der Waals surface area contributed by atoms with Crippen LogP contribution in [0.1, 0.15) is 45.7 Å². The summed E-state index contributed by atoms with van der Waals surface area (Å²) in [6, 6.07) is 4.10. The molecule has 0 bridgehead atoms. The molecule has 108 valence electrons. The first-order valence-electron chi connectivity index (χ1n) is 7.08. The molecule has 2 aromatic rings. The lowest BCUT2D eigenvalue weighted by molar-refractivity contribution is -0.0814. The van der Waals surface area contributed by atoms with Gasteiger partial charge in [-0.15, -0.1) is 0 Å². The summed E-state index contributed by atoms with van der Waals surface area (Å²) in [5.41, 5.74) is 6.24. The van der Waals surface area contributed by atoms with Gasteiger partial charge in [-0.3, -0.25) is 0 Å². The van der Waals surface area contributed by atoms with Crippen molar-refractivity contribution >= 4 is 0 Å². The number of hydrogen-bond donors (Lipinski definition) is 4. The maximum atomic E-state index is 10.5. The van der Waals surface area contributed by atoms with Crippen molar-refractivity contribution in [3.63, 3.8) is 0 Å². The van der Waals surface area contributed by atoms with Crippen LogP contribution in [0.15, 0.2) is 12.1 Å². The summed E-state index contributed by atoms with van der Waals surface area (Å²) < 4.78 is 0. The molecule has 0 spiro atoms. The molecule has 0 atom stereocenters. The van der Waals surface area contributed by atoms with Crippen LogP contribution in [-0.4, -0.2) is 32.4 Å². The molecule has 1 aliphatic rings. The summed E-state index contributed by atoms with van der Waals surface area (Å²) in [7, 11) is 0. The average Bonchev–Trinajstić information content (AvgIpc) is 2.83. The van der Waals surface area contributed by atoms with Crippen molar-refractivity contribution in [2.45, 2.75) is 51.7 Å². The molecule has 0 aromatic carbocycles. The molecular weight excluding hydrogens is 252 g/mol. The number of aromatic amines is 2. The van der Waals surface area contributed by atoms with E-state index in [-0.39, 0.29) is 11.8 Å². The molecule has 2 aromatic heterocycles. The van der Waals surface area contributed by atoms with Gasteiger partial charge < -0.3 is 20.2 Å². The largest absolute Gasteiger partial charge is 0.392 e. The summed E-state index contributed by atoms with van der Waals surface area (Å²) in [5.74, 6) is -0.451. The standard InChI is InChI=1S/C16H22N2O2/c1-7-5-9(3)17-13(7)11-15(19)12(16(11)20)14-8(2)6-10(4)18-14/h5-6,11-12,15-20H,1-4H3. The van der Waals surface area contributed by atoms with Crippen LogP contribution in [0, 0.1) is 27.7 Å². The Labute approximate surface area is 118 Å². The van der Waals surface area contributed by atoms with Gasteiger partial charge in [0.15, 0.2) is 0 Å². The fourth-order valence-electron chi connectivity index (χ4n) is 3.58. The van der Waals surface area contributed by atoms with Crippen LogP contribution in [0.2, 0.25) is 0 Å². The predicted molar refractivity (Wildman–Crippen MR) is 78.0 cm³/mol. The molecule has 0 radical (unpaired) electrons. The van der Waals surface area contributed by atoms with E-state index in [1.54, 1.807) is 0 Å². The van der Waals surface area contributed by atoms with E-state index in [0.29, 0.717) is 0 Å². The van der Waals surface area contributed by atoms with E-state index in [9.17, 15) is 10.2 Å². The Hall–Kier alpha value is -1.52. The molecule has 4 heteroatoms. The van der Waals surface area contributed by atoms with Crippen molar-refractivity contribution in [1.82, 2.24) is 9.97 Å². The van der Waals surface area contributed by atoms with Crippen molar-refractivity contribution in [3.05, 3.63) is 46.0 Å². The van der Waals surface area contributed by atoms with Crippen molar-refractivity contribution in [2.75, 3.05) is 0 Å². The van der Waals surface area contributed by atoms with Gasteiger partial charge in [-0.25, -0.2) is 0 Å². The second-order valence-corrected chi connectivity index (χ2v) is 6.13. The van der Waals surface area contributed by atoms with Crippen LogP contribution in [0.3, 0.4) is 0 Å². The third kappa shape index (κ3) is 1.83. The Bertz CT molecular complexity index is 577. The zero-order valence-corrected chi connectivity index (χ0v) is 12.4. The SMILES string of the molecule is Cc1cc(C)c(C2C(O)C(c3[nH]c(C)cc3C)C2O)[nH]1. The topological polar surface area (TPSA) is 72.0 Å². The summed E-state index contributed by atoms with van der Waals surface area (Å²) in [6.07, 6.45) is -1.11. The highest BCUT2D eigenvalue weighted by molar-refractivity contribution is 5.38. The Balaban J connectivity index is 1.90. The number of aryl methyl sites for hydroxylation is 4. The highest BCUT2D eigenvalue weighted by atomic mass is 16.3. The first-order chi connectivity index (χ1) is 9.40. The molecule has 1 fully saturated rings. The molecule has 0 amide bonds. The van der Waals surface area contributed by atoms with Crippen LogP contribution in [-0.2, 0) is 0 Å². The molecule has 1 saturated carbocycles. The number of nitrogens with one attached hydrogen (secondary N) is 2. The number of aliphatic hydroxyl groups excluding tert-OH is 2. The van der Waals surface area contributed by atoms with Gasteiger partial charge in [-0.1, -0.05) is 0 Å². The number of aliphatic hydroxyl groups is 2. The highest BCUT2D eigenvalue weighted by Crippen LogP contribution is 2.48. The van der Waals surface area contributed by atoms with E-state index < -0.39 is 12.2 Å². The predicted octanol–water partition coefficient (Wildman–Crippen LogP) is 2.18. The van der Waals surface area contributed by atoms with Crippen LogP contribution in [0.5, 0.6) is 0 Å². The third-order valence-corrected chi connectivity index (χ3v) is 4.52. The molecule has 4 nitrogen and oxygen atoms in total. The maximum absolute atomic E-state index is 10.5. The van der Waals surface area contributed by atoms with E-state index in [2.05, 4.69) is 9.97 Å². The maximum Gasteiger partial charge on any atom is 0.0756 e. The Morgan fingerprint density at radius 2 is 1.10 bits per heavy atom. The Morgan fingerprint density at radius 3 is 1.35 bits per heavy atom. The molecule has 1 aliphatic carbocycles. The molecule has 0 aliphatic heterocycles. The second-order valence-electron chi connectivity index (χ2n) is 6.13. The minimum Gasteiger partial charge on any atom is -0.392 e. The van der Waals surface area contributed by atoms with Gasteiger partial charge in [0.2, 0.25) is 0 Å². The lowest BCUT2D eigenvalue weighted by atomic mass is 9.65. The van der Waals surface area contributed by atoms with Gasteiger partial charge in [-0.05, 0) is 51.0 Å². The molecule has 4 N–H and O–H groups in total. The average molecular weight is 274 g/mol. The van der Waals surface area contributed by atoms with E-state index in [1.165, 1.54) is 0 Å². The third-order valence-electron chi connectivity index (χ3n) is 4.52. The molecule has 0 saturated heterocycles. The number of hydrogen-bond acceptors (Lipinski definition) is 2. The van der Waals surface area contributed by atoms with Gasteiger partial charge in [0, 0.05) is 22.8 Å². The summed E-state index contributed by atoms with van der Waals surface area (Å²) in [5, 5.41) is 21.0. The number of H-pyrrole nitrogens is 2. The van der Waals surface area contributed by atoms with Gasteiger partial charge in [0.1, 0.15) is 0 Å². The summed E-state index contributed by atoms with van der Waals surface area (Å²) in [6.45, 7) is 8.00. The van der Waals surface area contributed by atoms with Gasteiger partial charge in [0.25, 0.3) is 0 Å². The zero-order chi connectivity index (χ0) is 14.6. The fraction of sp³-hybridized carbons (Fsp3) is 0.500. The summed E-state index contributed by atoms with van der Waals surface area (Å²) >= 11 is 0. The Morgan fingerprint density at radius 1 is 0.750 bits per heavy atom. The van der Waals surface area contributed by atoms with Gasteiger partial charge in [-0.2, -0.15) is 0 Å². The van der Waals surface area contributed by atoms with Crippen molar-refractivity contribution in [1.29, 1.82) is 0 Å². The van der Waals surface area contributed by atoms with E-state index in [0.717, 1.165) is 33.9 Å². The molecule has 20 heavy (non-hydrogen) atoms. The minimum atomic E-state index is -0.557. The molecule has 0 unspecified atom stereocenters. The van der Waals surface area contributed by atoms with Crippen LogP contribution >= 0.6 is 0 Å². The van der Waals surface area contributed by atoms with Crippen molar-refractivity contribution in [3.8, 4) is 0 Å². The quantitative estimate of drug-likeness (QED) is 0.678. The monoisotopic (exact) mass is 274 g/mol. The zero-order valence-electron chi connectivity index (χ0n) is 12.4. The Kier molecular flexibility index (Phi) is 3.03. The molecule has 2 heterocycles. The van der Waals surface area contributed by atoms with E-state index in [1.807, 2.05) is 39.8 Å². The lowest BCUT2D eigenvalue weighted by Crippen LogP contribution is -2.52. The molecule has 3 rings (SSSR count). The summed E-state index contributed by atoms with van der Waals surface area (Å²) in [4.78, 5) is 6.54. The van der Waals surface area contributed by atoms with E-state index >= 15 is 0 Å².